The number of nitrogens with zero attached hydrogens (tertiary/aromatic N) is 1. The molecule has 2 N–H and O–H groups in total. The van der Waals surface area contributed by atoms with E-state index in [1.165, 1.54) is 0 Å². The smallest absolute Gasteiger partial charge is 0.319 e. The number of likely N-dealkylation sites (tertiary alicyclic amines) is 1. The van der Waals surface area contributed by atoms with Gasteiger partial charge in [0.1, 0.15) is 5.75 Å². The van der Waals surface area contributed by atoms with E-state index in [4.69, 9.17) is 4.74 Å². The lowest BCUT2D eigenvalue weighted by Crippen LogP contribution is -2.28. The predicted octanol–water partition coefficient (Wildman–Crippen LogP) is 3.14. The predicted molar refractivity (Wildman–Crippen MR) is 99.9 cm³/mol. The minimum absolute atomic E-state index is 0.194. The van der Waals surface area contributed by atoms with Crippen LogP contribution in [0.25, 0.3) is 0 Å². The van der Waals surface area contributed by atoms with Crippen LogP contribution in [0.5, 0.6) is 5.75 Å². The van der Waals surface area contributed by atoms with E-state index in [0.717, 1.165) is 29.8 Å². The minimum Gasteiger partial charge on any atom is -0.497 e. The van der Waals surface area contributed by atoms with E-state index in [9.17, 15) is 9.59 Å². The third-order valence-corrected chi connectivity index (χ3v) is 4.32. The quantitative estimate of drug-likeness (QED) is 0.838. The Balaban J connectivity index is 1.53. The number of nitrogens with one attached hydrogen (secondary N) is 2. The van der Waals surface area contributed by atoms with Gasteiger partial charge in [-0.05, 0) is 41.8 Å². The summed E-state index contributed by atoms with van der Waals surface area (Å²) in [4.78, 5) is 25.7. The first kappa shape index (κ1) is 17.8. The van der Waals surface area contributed by atoms with E-state index in [1.807, 2.05) is 53.4 Å². The van der Waals surface area contributed by atoms with Crippen molar-refractivity contribution < 1.29 is 14.3 Å². The summed E-state index contributed by atoms with van der Waals surface area (Å²) < 4.78 is 5.18. The van der Waals surface area contributed by atoms with Gasteiger partial charge >= 0.3 is 6.03 Å². The minimum atomic E-state index is -0.276. The van der Waals surface area contributed by atoms with Gasteiger partial charge in [-0.25, -0.2) is 4.79 Å². The topological polar surface area (TPSA) is 70.7 Å². The molecule has 136 valence electrons. The van der Waals surface area contributed by atoms with Crippen molar-refractivity contribution in [1.29, 1.82) is 0 Å². The molecular weight excluding hydrogens is 330 g/mol. The molecule has 6 heteroatoms. The Hall–Kier alpha value is -3.02. The Morgan fingerprint density at radius 2 is 1.96 bits per heavy atom. The van der Waals surface area contributed by atoms with Gasteiger partial charge in [-0.2, -0.15) is 0 Å². The second-order valence-electron chi connectivity index (χ2n) is 6.28. The molecule has 0 bridgehead atoms. The Morgan fingerprint density at radius 3 is 2.73 bits per heavy atom. The van der Waals surface area contributed by atoms with Crippen molar-refractivity contribution in [2.24, 2.45) is 0 Å². The molecule has 0 spiro atoms. The number of anilines is 1. The van der Waals surface area contributed by atoms with E-state index in [2.05, 4.69) is 10.6 Å². The molecular formula is C20H23N3O3. The monoisotopic (exact) mass is 353 g/mol. The van der Waals surface area contributed by atoms with E-state index in [-0.39, 0.29) is 11.9 Å². The number of carbonyl (C=O) groups is 2. The Morgan fingerprint density at radius 1 is 1.15 bits per heavy atom. The number of rotatable bonds is 6. The first-order chi connectivity index (χ1) is 12.6. The summed E-state index contributed by atoms with van der Waals surface area (Å²) in [5.41, 5.74) is 2.67. The zero-order chi connectivity index (χ0) is 18.4. The van der Waals surface area contributed by atoms with Crippen molar-refractivity contribution in [1.82, 2.24) is 10.2 Å². The lowest BCUT2D eigenvalue weighted by molar-refractivity contribution is -0.128. The van der Waals surface area contributed by atoms with Gasteiger partial charge in [0.25, 0.3) is 0 Å². The molecule has 1 fully saturated rings. The average Bonchev–Trinajstić information content (AvgIpc) is 3.05. The molecule has 3 amide bonds. The van der Waals surface area contributed by atoms with Crippen LogP contribution in [0.15, 0.2) is 48.5 Å². The van der Waals surface area contributed by atoms with Gasteiger partial charge < -0.3 is 20.3 Å². The molecule has 0 aromatic heterocycles. The second kappa shape index (κ2) is 8.38. The van der Waals surface area contributed by atoms with Crippen molar-refractivity contribution in [3.8, 4) is 5.75 Å². The average molecular weight is 353 g/mol. The summed E-state index contributed by atoms with van der Waals surface area (Å²) in [5, 5.41) is 5.66. The maximum atomic E-state index is 12.1. The summed E-state index contributed by atoms with van der Waals surface area (Å²) in [5.74, 6) is 0.952. The van der Waals surface area contributed by atoms with Crippen molar-refractivity contribution in [2.75, 3.05) is 19.0 Å². The molecule has 6 nitrogen and oxygen atoms in total. The van der Waals surface area contributed by atoms with Crippen LogP contribution in [-0.2, 0) is 17.9 Å². The molecule has 0 saturated carbocycles. The molecule has 1 saturated heterocycles. The van der Waals surface area contributed by atoms with Crippen molar-refractivity contribution in [3.63, 3.8) is 0 Å². The number of hydrogen-bond donors (Lipinski definition) is 2. The van der Waals surface area contributed by atoms with Crippen LogP contribution in [0.3, 0.4) is 0 Å². The highest BCUT2D eigenvalue weighted by Crippen LogP contribution is 2.17. The van der Waals surface area contributed by atoms with Crippen LogP contribution in [0.4, 0.5) is 10.5 Å². The van der Waals surface area contributed by atoms with Crippen LogP contribution in [-0.4, -0.2) is 30.5 Å². The molecule has 3 rings (SSSR count). The van der Waals surface area contributed by atoms with Gasteiger partial charge in [-0.15, -0.1) is 0 Å². The molecule has 1 aliphatic rings. The van der Waals surface area contributed by atoms with Crippen molar-refractivity contribution in [3.05, 3.63) is 59.7 Å². The van der Waals surface area contributed by atoms with Crippen molar-refractivity contribution in [2.45, 2.75) is 25.9 Å². The lowest BCUT2D eigenvalue weighted by atomic mass is 10.2. The number of benzene rings is 2. The number of urea groups is 1. The van der Waals surface area contributed by atoms with Crippen LogP contribution in [0.2, 0.25) is 0 Å². The van der Waals surface area contributed by atoms with Gasteiger partial charge in [0, 0.05) is 31.7 Å². The Kier molecular flexibility index (Phi) is 5.73. The molecule has 2 aromatic rings. The molecule has 0 unspecified atom stereocenters. The molecule has 1 aliphatic heterocycles. The zero-order valence-corrected chi connectivity index (χ0v) is 14.8. The van der Waals surface area contributed by atoms with E-state index in [0.29, 0.717) is 25.2 Å². The fourth-order valence-electron chi connectivity index (χ4n) is 2.98. The molecule has 1 heterocycles. The third-order valence-electron chi connectivity index (χ3n) is 4.32. The Bertz CT molecular complexity index is 791. The highest BCUT2D eigenvalue weighted by atomic mass is 16.5. The maximum Gasteiger partial charge on any atom is 0.319 e. The van der Waals surface area contributed by atoms with Gasteiger partial charge in [-0.3, -0.25) is 4.79 Å². The van der Waals surface area contributed by atoms with Gasteiger partial charge in [0.15, 0.2) is 0 Å². The SMILES string of the molecule is COc1cccc(CNC(=O)Nc2cccc(CN3CCCC3=O)c2)c1. The van der Waals surface area contributed by atoms with E-state index < -0.39 is 0 Å². The van der Waals surface area contributed by atoms with Gasteiger partial charge in [0.2, 0.25) is 5.91 Å². The number of carbonyl (C=O) groups excluding carboxylic acids is 2. The summed E-state index contributed by atoms with van der Waals surface area (Å²) in [7, 11) is 1.61. The normalized spacial score (nSPS) is 13.6. The third kappa shape index (κ3) is 4.75. The highest BCUT2D eigenvalue weighted by Gasteiger charge is 2.20. The molecule has 0 atom stereocenters. The number of ether oxygens (including phenoxy) is 1. The van der Waals surface area contributed by atoms with Crippen LogP contribution >= 0.6 is 0 Å². The highest BCUT2D eigenvalue weighted by molar-refractivity contribution is 5.89. The summed E-state index contributed by atoms with van der Waals surface area (Å²) in [6, 6.07) is 14.9. The van der Waals surface area contributed by atoms with Crippen LogP contribution < -0.4 is 15.4 Å². The van der Waals surface area contributed by atoms with Gasteiger partial charge in [0.05, 0.1) is 7.11 Å². The first-order valence-corrected chi connectivity index (χ1v) is 8.68. The fourth-order valence-corrected chi connectivity index (χ4v) is 2.98. The summed E-state index contributed by atoms with van der Waals surface area (Å²) in [6.45, 7) is 1.79. The van der Waals surface area contributed by atoms with E-state index >= 15 is 0 Å². The number of methoxy groups -OCH3 is 1. The molecule has 0 radical (unpaired) electrons. The first-order valence-electron chi connectivity index (χ1n) is 8.68. The second-order valence-corrected chi connectivity index (χ2v) is 6.28. The summed E-state index contributed by atoms with van der Waals surface area (Å²) >= 11 is 0. The number of hydrogen-bond acceptors (Lipinski definition) is 3. The van der Waals surface area contributed by atoms with E-state index in [1.54, 1.807) is 7.11 Å². The molecule has 26 heavy (non-hydrogen) atoms. The van der Waals surface area contributed by atoms with Crippen molar-refractivity contribution >= 4 is 17.6 Å². The zero-order valence-electron chi connectivity index (χ0n) is 14.8. The largest absolute Gasteiger partial charge is 0.497 e. The van der Waals surface area contributed by atoms with Crippen LogP contribution in [0, 0.1) is 0 Å². The summed E-state index contributed by atoms with van der Waals surface area (Å²) in [6.07, 6.45) is 1.55. The molecule has 0 aliphatic carbocycles. The molecule has 2 aromatic carbocycles. The standard InChI is InChI=1S/C20H23N3O3/c1-26-18-8-3-5-15(12-18)13-21-20(25)22-17-7-2-6-16(11-17)14-23-10-4-9-19(23)24/h2-3,5-8,11-12H,4,9-10,13-14H2,1H3,(H2,21,22,25). The van der Waals surface area contributed by atoms with Gasteiger partial charge in [-0.1, -0.05) is 24.3 Å². The number of amides is 3. The van der Waals surface area contributed by atoms with Crippen LogP contribution in [0.1, 0.15) is 24.0 Å². The maximum absolute atomic E-state index is 12.1. The fraction of sp³-hybridized carbons (Fsp3) is 0.300. The lowest BCUT2D eigenvalue weighted by Gasteiger charge is -2.16. The Labute approximate surface area is 153 Å².